The van der Waals surface area contributed by atoms with Crippen LogP contribution in [0.2, 0.25) is 0 Å². The molecule has 33 heavy (non-hydrogen) atoms. The van der Waals surface area contributed by atoms with E-state index in [0.717, 1.165) is 42.6 Å². The fourth-order valence-corrected chi connectivity index (χ4v) is 5.17. The molecule has 3 heterocycles. The summed E-state index contributed by atoms with van der Waals surface area (Å²) in [4.78, 5) is 7.57. The summed E-state index contributed by atoms with van der Waals surface area (Å²) in [6, 6.07) is 13.8. The van der Waals surface area contributed by atoms with E-state index in [4.69, 9.17) is 16.8 Å². The Labute approximate surface area is 192 Å². The van der Waals surface area contributed by atoms with Gasteiger partial charge < -0.3 is 4.74 Å². The van der Waals surface area contributed by atoms with Crippen molar-refractivity contribution in [3.05, 3.63) is 76.2 Å². The first kappa shape index (κ1) is 20.5. The van der Waals surface area contributed by atoms with Gasteiger partial charge in [-0.3, -0.25) is 4.68 Å². The van der Waals surface area contributed by atoms with Crippen LogP contribution in [0.5, 0.6) is 5.88 Å². The standard InChI is InChI=1S/C23H16N8OS/c1-25-20-15-6-4-5-7-19(15)33-22(20)21-17(11-27-31(21)2)13-8-9-14-16(10-13)18(12-26-30-24)28-29-23(14)32-3/h4-11H,12H2,2-3H3. The van der Waals surface area contributed by atoms with E-state index in [-0.39, 0.29) is 6.54 Å². The Morgan fingerprint density at radius 1 is 1.15 bits per heavy atom. The molecular weight excluding hydrogens is 436 g/mol. The summed E-state index contributed by atoms with van der Waals surface area (Å²) in [5, 5.41) is 18.9. The fraction of sp³-hybridized carbons (Fsp3) is 0.130. The lowest BCUT2D eigenvalue weighted by Gasteiger charge is -2.10. The van der Waals surface area contributed by atoms with Crippen molar-refractivity contribution in [1.82, 2.24) is 20.0 Å². The molecule has 0 spiro atoms. The zero-order valence-electron chi connectivity index (χ0n) is 17.7. The second-order valence-corrected chi connectivity index (χ2v) is 8.28. The molecule has 0 atom stereocenters. The fourth-order valence-electron chi connectivity index (χ4n) is 3.94. The van der Waals surface area contributed by atoms with Crippen molar-refractivity contribution >= 4 is 37.9 Å². The third kappa shape index (κ3) is 3.32. The molecular formula is C23H16N8OS. The Balaban J connectivity index is 1.75. The average molecular weight is 453 g/mol. The maximum absolute atomic E-state index is 8.76. The number of aryl methyl sites for hydroxylation is 1. The minimum absolute atomic E-state index is 0.0749. The largest absolute Gasteiger partial charge is 0.479 e. The number of rotatable bonds is 5. The van der Waals surface area contributed by atoms with Crippen molar-refractivity contribution < 1.29 is 4.74 Å². The van der Waals surface area contributed by atoms with E-state index in [1.807, 2.05) is 49.5 Å². The van der Waals surface area contributed by atoms with Gasteiger partial charge >= 0.3 is 0 Å². The molecule has 3 aromatic heterocycles. The van der Waals surface area contributed by atoms with E-state index >= 15 is 0 Å². The van der Waals surface area contributed by atoms with Crippen LogP contribution in [-0.2, 0) is 13.6 Å². The Morgan fingerprint density at radius 3 is 2.79 bits per heavy atom. The van der Waals surface area contributed by atoms with Gasteiger partial charge in [-0.1, -0.05) is 29.4 Å². The van der Waals surface area contributed by atoms with Crippen molar-refractivity contribution in [3.8, 4) is 27.6 Å². The van der Waals surface area contributed by atoms with Crippen LogP contribution in [0.3, 0.4) is 0 Å². The average Bonchev–Trinajstić information content (AvgIpc) is 3.41. The van der Waals surface area contributed by atoms with Gasteiger partial charge in [0.2, 0.25) is 11.6 Å². The van der Waals surface area contributed by atoms with Crippen LogP contribution in [0, 0.1) is 6.57 Å². The number of hydrogen-bond acceptors (Lipinski definition) is 6. The topological polar surface area (TPSA) is 106 Å². The first-order valence-electron chi connectivity index (χ1n) is 9.92. The summed E-state index contributed by atoms with van der Waals surface area (Å²) in [5.41, 5.74) is 12.6. The molecule has 2 aromatic carbocycles. The predicted molar refractivity (Wildman–Crippen MR) is 128 cm³/mol. The van der Waals surface area contributed by atoms with Crippen LogP contribution >= 0.6 is 11.3 Å². The summed E-state index contributed by atoms with van der Waals surface area (Å²) in [7, 11) is 3.41. The van der Waals surface area contributed by atoms with E-state index in [1.54, 1.807) is 22.2 Å². The zero-order valence-corrected chi connectivity index (χ0v) is 18.5. The SMILES string of the molecule is [C-]#[N+]c1c(-c2c(-c3ccc4c(OC)nnc(CN=[N+]=[N-])c4c3)cnn2C)sc2ccccc12. The van der Waals surface area contributed by atoms with Gasteiger partial charge in [-0.25, -0.2) is 4.85 Å². The molecule has 5 rings (SSSR count). The van der Waals surface area contributed by atoms with Crippen LogP contribution in [-0.4, -0.2) is 27.1 Å². The highest BCUT2D eigenvalue weighted by atomic mass is 32.1. The lowest BCUT2D eigenvalue weighted by Crippen LogP contribution is -1.98. The summed E-state index contributed by atoms with van der Waals surface area (Å²) in [5.74, 6) is 0.396. The number of nitrogens with zero attached hydrogens (tertiary/aromatic N) is 8. The second kappa shape index (κ2) is 8.24. The third-order valence-corrected chi connectivity index (χ3v) is 6.61. The van der Waals surface area contributed by atoms with Crippen molar-refractivity contribution in [3.63, 3.8) is 0 Å². The molecule has 0 saturated carbocycles. The van der Waals surface area contributed by atoms with E-state index < -0.39 is 0 Å². The van der Waals surface area contributed by atoms with Crippen molar-refractivity contribution in [2.24, 2.45) is 12.2 Å². The molecule has 0 saturated heterocycles. The van der Waals surface area contributed by atoms with Gasteiger partial charge in [0.05, 0.1) is 42.7 Å². The monoisotopic (exact) mass is 452 g/mol. The quantitative estimate of drug-likeness (QED) is 0.135. The molecule has 0 fully saturated rings. The number of benzene rings is 2. The number of fused-ring (bicyclic) bond motifs is 2. The molecule has 0 bridgehead atoms. The van der Waals surface area contributed by atoms with Crippen molar-refractivity contribution in [1.29, 1.82) is 0 Å². The van der Waals surface area contributed by atoms with Crippen molar-refractivity contribution in [2.45, 2.75) is 6.54 Å². The molecule has 5 aromatic rings. The molecule has 0 N–H and O–H groups in total. The van der Waals surface area contributed by atoms with Gasteiger partial charge in [-0.05, 0) is 34.7 Å². The third-order valence-electron chi connectivity index (χ3n) is 5.45. The zero-order chi connectivity index (χ0) is 22.9. The molecule has 160 valence electrons. The number of ether oxygens (including phenoxy) is 1. The van der Waals surface area contributed by atoms with E-state index in [9.17, 15) is 0 Å². The van der Waals surface area contributed by atoms with Crippen LogP contribution in [0.25, 0.3) is 57.8 Å². The molecule has 0 radical (unpaired) electrons. The molecule has 0 amide bonds. The summed E-state index contributed by atoms with van der Waals surface area (Å²) in [6.07, 6.45) is 1.80. The molecule has 10 heteroatoms. The highest BCUT2D eigenvalue weighted by Crippen LogP contribution is 2.47. The van der Waals surface area contributed by atoms with Crippen LogP contribution in [0.15, 0.2) is 53.8 Å². The number of methoxy groups -OCH3 is 1. The lowest BCUT2D eigenvalue weighted by molar-refractivity contribution is 0.397. The maximum Gasteiger partial charge on any atom is 0.241 e. The normalized spacial score (nSPS) is 10.8. The molecule has 0 aliphatic heterocycles. The summed E-state index contributed by atoms with van der Waals surface area (Å²) >= 11 is 1.58. The summed E-state index contributed by atoms with van der Waals surface area (Å²) in [6.45, 7) is 7.88. The highest BCUT2D eigenvalue weighted by molar-refractivity contribution is 7.23. The number of azide groups is 1. The van der Waals surface area contributed by atoms with E-state index in [0.29, 0.717) is 17.3 Å². The Kier molecular flexibility index (Phi) is 5.11. The van der Waals surface area contributed by atoms with Gasteiger partial charge in [0, 0.05) is 33.0 Å². The maximum atomic E-state index is 8.76. The smallest absolute Gasteiger partial charge is 0.241 e. The van der Waals surface area contributed by atoms with E-state index in [1.165, 1.54) is 7.11 Å². The molecule has 0 aliphatic carbocycles. The molecule has 0 unspecified atom stereocenters. The van der Waals surface area contributed by atoms with Gasteiger partial charge in [0.1, 0.15) is 0 Å². The predicted octanol–water partition coefficient (Wildman–Crippen LogP) is 6.28. The Hall–Kier alpha value is -4.45. The van der Waals surface area contributed by atoms with Gasteiger partial charge in [-0.2, -0.15) is 10.2 Å². The first-order chi connectivity index (χ1) is 16.2. The van der Waals surface area contributed by atoms with Crippen molar-refractivity contribution in [2.75, 3.05) is 7.11 Å². The lowest BCUT2D eigenvalue weighted by atomic mass is 10.0. The Bertz CT molecular complexity index is 1620. The highest BCUT2D eigenvalue weighted by Gasteiger charge is 2.21. The minimum Gasteiger partial charge on any atom is -0.479 e. The number of aromatic nitrogens is 4. The summed E-state index contributed by atoms with van der Waals surface area (Å²) < 4.78 is 8.22. The molecule has 0 aliphatic rings. The van der Waals surface area contributed by atoms with Crippen LogP contribution in [0.1, 0.15) is 5.69 Å². The molecule has 9 nitrogen and oxygen atoms in total. The van der Waals surface area contributed by atoms with Gasteiger partial charge in [0.15, 0.2) is 0 Å². The first-order valence-corrected chi connectivity index (χ1v) is 10.7. The number of hydrogen-bond donors (Lipinski definition) is 0. The van der Waals surface area contributed by atoms with Gasteiger partial charge in [0.25, 0.3) is 0 Å². The van der Waals surface area contributed by atoms with Gasteiger partial charge in [-0.15, -0.1) is 16.4 Å². The Morgan fingerprint density at radius 2 is 2.00 bits per heavy atom. The van der Waals surface area contributed by atoms with Crippen LogP contribution < -0.4 is 4.74 Å². The second-order valence-electron chi connectivity index (χ2n) is 7.22. The van der Waals surface area contributed by atoms with Crippen LogP contribution in [0.4, 0.5) is 5.69 Å². The number of thiophene rings is 1. The minimum atomic E-state index is 0.0749. The van der Waals surface area contributed by atoms with E-state index in [2.05, 4.69) is 30.2 Å².